The van der Waals surface area contributed by atoms with Crippen LogP contribution in [0.25, 0.3) is 10.9 Å². The van der Waals surface area contributed by atoms with Crippen LogP contribution in [0.15, 0.2) is 22.7 Å². The molecule has 0 saturated heterocycles. The molecule has 0 fully saturated rings. The van der Waals surface area contributed by atoms with Crippen LogP contribution in [0.4, 0.5) is 4.79 Å². The van der Waals surface area contributed by atoms with Crippen LogP contribution in [0.5, 0.6) is 0 Å². The van der Waals surface area contributed by atoms with Crippen molar-refractivity contribution in [1.29, 1.82) is 0 Å². The lowest BCUT2D eigenvalue weighted by Gasteiger charge is -2.27. The van der Waals surface area contributed by atoms with E-state index in [0.29, 0.717) is 19.5 Å². The standard InChI is InChI=1S/C19H28BrN3O3/c1-19(2,3)26-18(25)23(12-7-13-24)11-6-10-16-17-14(20)8-5-9-15(17)21-22(16)4/h5,8-9,24H,6-7,10-13H2,1-4H3. The van der Waals surface area contributed by atoms with Gasteiger partial charge in [0.1, 0.15) is 5.60 Å². The van der Waals surface area contributed by atoms with Gasteiger partial charge in [-0.05, 0) is 52.2 Å². The zero-order chi connectivity index (χ0) is 19.3. The van der Waals surface area contributed by atoms with Crippen molar-refractivity contribution in [3.8, 4) is 0 Å². The molecule has 26 heavy (non-hydrogen) atoms. The first kappa shape index (κ1) is 20.7. The number of carbonyl (C=O) groups excluding carboxylic acids is 1. The summed E-state index contributed by atoms with van der Waals surface area (Å²) in [6.45, 7) is 6.68. The number of aliphatic hydroxyl groups is 1. The third-order valence-corrected chi connectivity index (χ3v) is 4.67. The van der Waals surface area contributed by atoms with E-state index in [1.165, 1.54) is 0 Å². The fourth-order valence-corrected chi connectivity index (χ4v) is 3.46. The summed E-state index contributed by atoms with van der Waals surface area (Å²) in [6.07, 6.45) is 1.80. The number of aryl methyl sites for hydroxylation is 2. The molecule has 0 unspecified atom stereocenters. The molecule has 1 N–H and O–H groups in total. The summed E-state index contributed by atoms with van der Waals surface area (Å²) in [5.74, 6) is 0. The molecule has 2 rings (SSSR count). The maximum Gasteiger partial charge on any atom is 0.410 e. The van der Waals surface area contributed by atoms with Crippen LogP contribution in [0.3, 0.4) is 0 Å². The van der Waals surface area contributed by atoms with Gasteiger partial charge in [-0.3, -0.25) is 4.68 Å². The van der Waals surface area contributed by atoms with Crippen LogP contribution < -0.4 is 0 Å². The summed E-state index contributed by atoms with van der Waals surface area (Å²) in [7, 11) is 1.94. The van der Waals surface area contributed by atoms with E-state index in [9.17, 15) is 4.79 Å². The minimum atomic E-state index is -0.530. The second-order valence-electron chi connectivity index (χ2n) is 7.35. The number of fused-ring (bicyclic) bond motifs is 1. The van der Waals surface area contributed by atoms with E-state index in [1.807, 2.05) is 50.7 Å². The Bertz CT molecular complexity index is 752. The van der Waals surface area contributed by atoms with Gasteiger partial charge in [0.15, 0.2) is 0 Å². The molecule has 7 heteroatoms. The summed E-state index contributed by atoms with van der Waals surface area (Å²) < 4.78 is 8.41. The molecule has 0 aliphatic rings. The van der Waals surface area contributed by atoms with E-state index < -0.39 is 5.60 Å². The smallest absolute Gasteiger partial charge is 0.410 e. The number of rotatable bonds is 7. The highest BCUT2D eigenvalue weighted by atomic mass is 79.9. The molecule has 0 spiro atoms. The lowest BCUT2D eigenvalue weighted by molar-refractivity contribution is 0.0238. The molecular weight excluding hydrogens is 398 g/mol. The van der Waals surface area contributed by atoms with Crippen molar-refractivity contribution in [1.82, 2.24) is 14.7 Å². The molecule has 0 saturated carbocycles. The molecule has 0 atom stereocenters. The van der Waals surface area contributed by atoms with Crippen molar-refractivity contribution in [2.75, 3.05) is 19.7 Å². The zero-order valence-corrected chi connectivity index (χ0v) is 17.5. The molecule has 144 valence electrons. The van der Waals surface area contributed by atoms with Crippen LogP contribution in [-0.2, 0) is 18.2 Å². The van der Waals surface area contributed by atoms with Gasteiger partial charge in [0.25, 0.3) is 0 Å². The molecule has 1 amide bonds. The van der Waals surface area contributed by atoms with Crippen molar-refractivity contribution in [2.24, 2.45) is 7.05 Å². The van der Waals surface area contributed by atoms with Gasteiger partial charge in [0, 0.05) is 42.3 Å². The third kappa shape index (κ3) is 5.45. The number of nitrogens with zero attached hydrogens (tertiary/aromatic N) is 3. The van der Waals surface area contributed by atoms with E-state index in [1.54, 1.807) is 4.90 Å². The van der Waals surface area contributed by atoms with Gasteiger partial charge in [0.05, 0.1) is 5.52 Å². The first-order valence-electron chi connectivity index (χ1n) is 8.92. The minimum absolute atomic E-state index is 0.0542. The van der Waals surface area contributed by atoms with E-state index in [0.717, 1.165) is 33.9 Å². The molecule has 2 aromatic rings. The lowest BCUT2D eigenvalue weighted by atomic mass is 10.1. The van der Waals surface area contributed by atoms with Crippen LogP contribution in [0.2, 0.25) is 0 Å². The fourth-order valence-electron chi connectivity index (χ4n) is 2.87. The Morgan fingerprint density at radius 1 is 1.31 bits per heavy atom. The first-order chi connectivity index (χ1) is 12.2. The lowest BCUT2D eigenvalue weighted by Crippen LogP contribution is -2.38. The highest BCUT2D eigenvalue weighted by Gasteiger charge is 2.22. The number of benzene rings is 1. The van der Waals surface area contributed by atoms with Crippen LogP contribution >= 0.6 is 15.9 Å². The van der Waals surface area contributed by atoms with Gasteiger partial charge in [-0.25, -0.2) is 4.79 Å². The first-order valence-corrected chi connectivity index (χ1v) is 9.71. The Morgan fingerprint density at radius 3 is 2.65 bits per heavy atom. The predicted octanol–water partition coefficient (Wildman–Crippen LogP) is 3.89. The molecule has 1 aromatic heterocycles. The van der Waals surface area contributed by atoms with Crippen molar-refractivity contribution < 1.29 is 14.6 Å². The highest BCUT2D eigenvalue weighted by molar-refractivity contribution is 9.10. The van der Waals surface area contributed by atoms with Gasteiger partial charge in [-0.2, -0.15) is 5.10 Å². The Labute approximate surface area is 163 Å². The van der Waals surface area contributed by atoms with E-state index in [4.69, 9.17) is 9.84 Å². The number of aromatic nitrogens is 2. The average Bonchev–Trinajstić information content (AvgIpc) is 2.86. The second-order valence-corrected chi connectivity index (χ2v) is 8.21. The fraction of sp³-hybridized carbons (Fsp3) is 0.579. The van der Waals surface area contributed by atoms with Gasteiger partial charge < -0.3 is 14.7 Å². The summed E-state index contributed by atoms with van der Waals surface area (Å²) >= 11 is 3.61. The zero-order valence-electron chi connectivity index (χ0n) is 16.0. The number of ether oxygens (including phenoxy) is 1. The van der Waals surface area contributed by atoms with Crippen molar-refractivity contribution in [3.05, 3.63) is 28.4 Å². The normalized spacial score (nSPS) is 11.8. The molecule has 0 aliphatic heterocycles. The SMILES string of the molecule is Cn1nc2cccc(Br)c2c1CCCN(CCCO)C(=O)OC(C)(C)C. The maximum atomic E-state index is 12.4. The van der Waals surface area contributed by atoms with Crippen molar-refractivity contribution in [2.45, 2.75) is 45.6 Å². The number of amides is 1. The van der Waals surface area contributed by atoms with E-state index in [2.05, 4.69) is 21.0 Å². The summed E-state index contributed by atoms with van der Waals surface area (Å²) in [4.78, 5) is 14.1. The second kappa shape index (κ2) is 8.86. The van der Waals surface area contributed by atoms with E-state index >= 15 is 0 Å². The van der Waals surface area contributed by atoms with Crippen LogP contribution in [0, 0.1) is 0 Å². The van der Waals surface area contributed by atoms with Gasteiger partial charge in [0.2, 0.25) is 0 Å². The Kier molecular flexibility index (Phi) is 7.06. The van der Waals surface area contributed by atoms with Crippen LogP contribution in [0.1, 0.15) is 39.3 Å². The number of carbonyl (C=O) groups is 1. The Morgan fingerprint density at radius 2 is 2.00 bits per heavy atom. The molecule has 0 aliphatic carbocycles. The minimum Gasteiger partial charge on any atom is -0.444 e. The number of aliphatic hydroxyl groups excluding tert-OH is 1. The van der Waals surface area contributed by atoms with Gasteiger partial charge in [-0.1, -0.05) is 22.0 Å². The largest absolute Gasteiger partial charge is 0.444 e. The average molecular weight is 426 g/mol. The summed E-state index contributed by atoms with van der Waals surface area (Å²) in [5, 5.41) is 14.8. The molecule has 6 nitrogen and oxygen atoms in total. The molecule has 0 radical (unpaired) electrons. The summed E-state index contributed by atoms with van der Waals surface area (Å²) in [6, 6.07) is 5.99. The van der Waals surface area contributed by atoms with Crippen molar-refractivity contribution in [3.63, 3.8) is 0 Å². The number of hydrogen-bond acceptors (Lipinski definition) is 4. The van der Waals surface area contributed by atoms with Crippen LogP contribution in [-0.4, -0.2) is 51.2 Å². The van der Waals surface area contributed by atoms with Gasteiger partial charge in [-0.15, -0.1) is 0 Å². The molecule has 0 bridgehead atoms. The molecule has 1 heterocycles. The van der Waals surface area contributed by atoms with Gasteiger partial charge >= 0.3 is 6.09 Å². The Hall–Kier alpha value is -1.60. The molecular formula is C19H28BrN3O3. The number of halogens is 1. The molecule has 1 aromatic carbocycles. The third-order valence-electron chi connectivity index (χ3n) is 4.01. The predicted molar refractivity (Wildman–Crippen MR) is 106 cm³/mol. The quantitative estimate of drug-likeness (QED) is 0.730. The van der Waals surface area contributed by atoms with E-state index in [-0.39, 0.29) is 12.7 Å². The monoisotopic (exact) mass is 425 g/mol. The highest BCUT2D eigenvalue weighted by Crippen LogP contribution is 2.27. The summed E-state index contributed by atoms with van der Waals surface area (Å²) in [5.41, 5.74) is 1.57. The van der Waals surface area contributed by atoms with Crippen molar-refractivity contribution >= 4 is 32.9 Å². The maximum absolute atomic E-state index is 12.4. The topological polar surface area (TPSA) is 67.6 Å². The number of hydrogen-bond donors (Lipinski definition) is 1. The Balaban J connectivity index is 2.05.